The molecule has 0 spiro atoms. The molecule has 2 N–H and O–H groups in total. The number of fused-ring (bicyclic) bond motifs is 1. The number of nitrogens with two attached hydrogens (primary N) is 1. The summed E-state index contributed by atoms with van der Waals surface area (Å²) in [5.41, 5.74) is 7.77. The van der Waals surface area contributed by atoms with Gasteiger partial charge in [-0.05, 0) is 110 Å². The first-order valence-electron chi connectivity index (χ1n) is 16.1. The van der Waals surface area contributed by atoms with Crippen molar-refractivity contribution in [2.24, 2.45) is 5.73 Å². The minimum Gasteiger partial charge on any atom is -0.497 e. The Morgan fingerprint density at radius 1 is 0.979 bits per heavy atom. The molecule has 48 heavy (non-hydrogen) atoms. The average Bonchev–Trinajstić information content (AvgIpc) is 3.12. The van der Waals surface area contributed by atoms with Gasteiger partial charge in [0.25, 0.3) is 5.91 Å². The number of thioether (sulfide) groups is 1. The maximum absolute atomic E-state index is 13.6. The Labute approximate surface area is 297 Å². The summed E-state index contributed by atoms with van der Waals surface area (Å²) in [6.07, 6.45) is 6.28. The summed E-state index contributed by atoms with van der Waals surface area (Å²) in [4.78, 5) is 30.7. The standard InChI is InChI=1S/C32H38N4O3S.C6H4Cl2/c1-39-26-9-10-28(30(21-26)40-2)24-11-16-35(17-12-24)14-5-6-15-36(18-13-31(34)37)32(38)29-20-23(22-33)19-25-7-3-4-8-27(25)29;7-5-3-1-2-4-6(5)8/h3-4,7-10,19-21,24H,5-6,11-18H2,1-2H3,(H2,34,37);1-4H. The van der Waals surface area contributed by atoms with E-state index in [4.69, 9.17) is 33.7 Å². The highest BCUT2D eigenvalue weighted by Gasteiger charge is 2.23. The summed E-state index contributed by atoms with van der Waals surface area (Å²) in [5.74, 6) is 0.864. The van der Waals surface area contributed by atoms with Crippen molar-refractivity contribution in [1.82, 2.24) is 9.80 Å². The van der Waals surface area contributed by atoms with Gasteiger partial charge in [0.15, 0.2) is 0 Å². The van der Waals surface area contributed by atoms with Gasteiger partial charge in [-0.1, -0.05) is 65.7 Å². The number of carbonyl (C=O) groups excluding carboxylic acids is 2. The summed E-state index contributed by atoms with van der Waals surface area (Å²) >= 11 is 12.9. The van der Waals surface area contributed by atoms with Crippen molar-refractivity contribution in [3.05, 3.63) is 106 Å². The fourth-order valence-electron chi connectivity index (χ4n) is 5.98. The number of hydrogen-bond acceptors (Lipinski definition) is 6. The largest absolute Gasteiger partial charge is 0.497 e. The molecule has 0 aliphatic carbocycles. The maximum atomic E-state index is 13.6. The van der Waals surface area contributed by atoms with Gasteiger partial charge in [0.05, 0.1) is 28.8 Å². The Kier molecular flexibility index (Phi) is 14.5. The van der Waals surface area contributed by atoms with Crippen molar-refractivity contribution in [1.29, 1.82) is 5.26 Å². The first kappa shape index (κ1) is 37.1. The van der Waals surface area contributed by atoms with Crippen LogP contribution in [0.5, 0.6) is 5.75 Å². The van der Waals surface area contributed by atoms with E-state index >= 15 is 0 Å². The Morgan fingerprint density at radius 2 is 1.67 bits per heavy atom. The van der Waals surface area contributed by atoms with Gasteiger partial charge >= 0.3 is 0 Å². The third kappa shape index (κ3) is 10.4. The molecule has 252 valence electrons. The van der Waals surface area contributed by atoms with E-state index in [0.29, 0.717) is 33.6 Å². The number of amides is 2. The molecular weight excluding hydrogens is 663 g/mol. The number of hydrogen-bond donors (Lipinski definition) is 1. The summed E-state index contributed by atoms with van der Waals surface area (Å²) in [7, 11) is 1.71. The van der Waals surface area contributed by atoms with Crippen LogP contribution in [0.2, 0.25) is 10.0 Å². The van der Waals surface area contributed by atoms with E-state index in [9.17, 15) is 14.9 Å². The third-order valence-corrected chi connectivity index (χ3v) is 10.1. The second kappa shape index (κ2) is 18.7. The number of unbranched alkanes of at least 4 members (excludes halogenated alkanes) is 1. The van der Waals surface area contributed by atoms with E-state index in [1.807, 2.05) is 36.4 Å². The molecule has 0 unspecified atom stereocenters. The SMILES string of the molecule is COc1ccc(C2CCN(CCCCN(CCC(N)=O)C(=O)c3cc(C#N)cc4ccccc34)CC2)c(SC)c1.Clc1ccccc1Cl. The van der Waals surface area contributed by atoms with Crippen LogP contribution in [0.25, 0.3) is 10.8 Å². The maximum Gasteiger partial charge on any atom is 0.254 e. The van der Waals surface area contributed by atoms with Gasteiger partial charge in [-0.3, -0.25) is 9.59 Å². The number of nitrogens with zero attached hydrogens (tertiary/aromatic N) is 3. The van der Waals surface area contributed by atoms with Gasteiger partial charge in [0, 0.05) is 30.0 Å². The Bertz CT molecular complexity index is 1720. The normalized spacial score (nSPS) is 13.3. The van der Waals surface area contributed by atoms with Crippen LogP contribution in [0.3, 0.4) is 0 Å². The molecule has 2 amide bonds. The number of halogens is 2. The number of benzene rings is 4. The number of rotatable bonds is 12. The fraction of sp³-hybridized carbons (Fsp3) is 0.342. The number of nitriles is 1. The molecule has 1 aliphatic rings. The van der Waals surface area contributed by atoms with Crippen molar-refractivity contribution in [3.8, 4) is 11.8 Å². The van der Waals surface area contributed by atoms with Crippen molar-refractivity contribution >= 4 is 57.6 Å². The number of piperidine rings is 1. The topological polar surface area (TPSA) is 99.7 Å². The molecule has 1 aliphatic heterocycles. The minimum absolute atomic E-state index is 0.110. The fourth-order valence-corrected chi connectivity index (χ4v) is 6.96. The smallest absolute Gasteiger partial charge is 0.254 e. The molecule has 5 rings (SSSR count). The number of ether oxygens (including phenoxy) is 1. The van der Waals surface area contributed by atoms with Crippen molar-refractivity contribution in [3.63, 3.8) is 0 Å². The number of likely N-dealkylation sites (tertiary alicyclic amines) is 1. The molecular formula is C38H42Cl2N4O3S. The predicted octanol–water partition coefficient (Wildman–Crippen LogP) is 8.41. The molecule has 1 saturated heterocycles. The van der Waals surface area contributed by atoms with Crippen LogP contribution in [0.4, 0.5) is 0 Å². The Morgan fingerprint density at radius 3 is 2.29 bits per heavy atom. The van der Waals surface area contributed by atoms with E-state index in [-0.39, 0.29) is 18.9 Å². The van der Waals surface area contributed by atoms with Gasteiger partial charge in [-0.15, -0.1) is 11.8 Å². The minimum atomic E-state index is -0.433. The van der Waals surface area contributed by atoms with Crippen molar-refractivity contribution in [2.45, 2.75) is 42.9 Å². The van der Waals surface area contributed by atoms with Crippen LogP contribution in [-0.4, -0.2) is 67.7 Å². The van der Waals surface area contributed by atoms with Gasteiger partial charge in [-0.2, -0.15) is 5.26 Å². The zero-order chi connectivity index (χ0) is 34.5. The van der Waals surface area contributed by atoms with Crippen LogP contribution in [0.1, 0.15) is 59.5 Å². The highest BCUT2D eigenvalue weighted by Crippen LogP contribution is 2.36. The molecule has 4 aromatic carbocycles. The molecule has 0 bridgehead atoms. The second-order valence-electron chi connectivity index (χ2n) is 11.7. The average molecular weight is 706 g/mol. The van der Waals surface area contributed by atoms with E-state index in [1.165, 1.54) is 10.5 Å². The highest BCUT2D eigenvalue weighted by atomic mass is 35.5. The lowest BCUT2D eigenvalue weighted by atomic mass is 9.89. The molecule has 0 aromatic heterocycles. The zero-order valence-corrected chi connectivity index (χ0v) is 29.8. The first-order valence-corrected chi connectivity index (χ1v) is 18.1. The lowest BCUT2D eigenvalue weighted by Crippen LogP contribution is -2.36. The van der Waals surface area contributed by atoms with E-state index < -0.39 is 5.91 Å². The number of carbonyl (C=O) groups is 2. The summed E-state index contributed by atoms with van der Waals surface area (Å²) < 4.78 is 5.40. The second-order valence-corrected chi connectivity index (χ2v) is 13.4. The molecule has 0 radical (unpaired) electrons. The van der Waals surface area contributed by atoms with Gasteiger partial charge < -0.3 is 20.3 Å². The molecule has 0 atom stereocenters. The van der Waals surface area contributed by atoms with Crippen LogP contribution in [0.15, 0.2) is 83.8 Å². The lowest BCUT2D eigenvalue weighted by Gasteiger charge is -2.33. The van der Waals surface area contributed by atoms with E-state index in [2.05, 4.69) is 35.4 Å². The number of primary amides is 1. The lowest BCUT2D eigenvalue weighted by molar-refractivity contribution is -0.118. The molecule has 0 saturated carbocycles. The highest BCUT2D eigenvalue weighted by molar-refractivity contribution is 7.98. The van der Waals surface area contributed by atoms with Crippen LogP contribution in [-0.2, 0) is 4.79 Å². The zero-order valence-electron chi connectivity index (χ0n) is 27.5. The van der Waals surface area contributed by atoms with Crippen molar-refractivity contribution in [2.75, 3.05) is 46.1 Å². The number of methoxy groups -OCH3 is 1. The Hall–Kier alpha value is -3.74. The first-order chi connectivity index (χ1) is 23.2. The summed E-state index contributed by atoms with van der Waals surface area (Å²) in [5, 5.41) is 12.4. The molecule has 10 heteroatoms. The van der Waals surface area contributed by atoms with Crippen LogP contribution in [0, 0.1) is 11.3 Å². The van der Waals surface area contributed by atoms with Gasteiger partial charge in [0.2, 0.25) is 5.91 Å². The van der Waals surface area contributed by atoms with Crippen molar-refractivity contribution < 1.29 is 14.3 Å². The van der Waals surface area contributed by atoms with Gasteiger partial charge in [-0.25, -0.2) is 0 Å². The summed E-state index contributed by atoms with van der Waals surface area (Å²) in [6.45, 7) is 3.90. The molecule has 1 fully saturated rings. The molecule has 1 heterocycles. The Balaban J connectivity index is 0.000000569. The monoisotopic (exact) mass is 704 g/mol. The van der Waals surface area contributed by atoms with Crippen LogP contribution >= 0.6 is 35.0 Å². The van der Waals surface area contributed by atoms with Gasteiger partial charge in [0.1, 0.15) is 5.75 Å². The van der Waals surface area contributed by atoms with Crippen LogP contribution < -0.4 is 10.5 Å². The summed E-state index contributed by atoms with van der Waals surface area (Å²) in [6, 6.07) is 26.8. The molecule has 7 nitrogen and oxygen atoms in total. The van der Waals surface area contributed by atoms with E-state index in [0.717, 1.165) is 61.8 Å². The molecule has 4 aromatic rings. The quantitative estimate of drug-likeness (QED) is 0.117. The van der Waals surface area contributed by atoms with E-state index in [1.54, 1.807) is 48.0 Å². The predicted molar refractivity (Wildman–Crippen MR) is 197 cm³/mol. The third-order valence-electron chi connectivity index (χ3n) is 8.58.